The average Bonchev–Trinajstić information content (AvgIpc) is 2.76. The third kappa shape index (κ3) is 2.87. The molecule has 0 spiro atoms. The van der Waals surface area contributed by atoms with Gasteiger partial charge in [0, 0.05) is 18.2 Å². The number of para-hydroxylation sites is 1. The standard InChI is InChI=1S/C21H23NO3/c1-20(2,3)15-11-9-14(10-12-15)18(23)13-21(25)16-7-5-6-8-17(16)22(4)19(21)24/h5-12,25H,13H2,1-4H3/t21-/m0/s1. The summed E-state index contributed by atoms with van der Waals surface area (Å²) in [6, 6.07) is 14.4. The third-order valence-electron chi connectivity index (χ3n) is 4.86. The minimum atomic E-state index is -1.80. The van der Waals surface area contributed by atoms with Crippen LogP contribution in [-0.4, -0.2) is 23.8 Å². The zero-order valence-electron chi connectivity index (χ0n) is 15.0. The Labute approximate surface area is 148 Å². The lowest BCUT2D eigenvalue weighted by Crippen LogP contribution is -2.40. The summed E-state index contributed by atoms with van der Waals surface area (Å²) in [6.07, 6.45) is -0.262. The predicted octanol–water partition coefficient (Wildman–Crippen LogP) is 3.42. The van der Waals surface area contributed by atoms with Gasteiger partial charge in [0.2, 0.25) is 0 Å². The van der Waals surface area contributed by atoms with Crippen molar-refractivity contribution in [1.29, 1.82) is 0 Å². The molecule has 0 aromatic heterocycles. The quantitative estimate of drug-likeness (QED) is 0.873. The van der Waals surface area contributed by atoms with Crippen LogP contribution in [0.2, 0.25) is 0 Å². The zero-order chi connectivity index (χ0) is 18.4. The molecule has 2 aromatic rings. The summed E-state index contributed by atoms with van der Waals surface area (Å²) in [6.45, 7) is 6.32. The molecular formula is C21H23NO3. The van der Waals surface area contributed by atoms with Crippen molar-refractivity contribution in [3.05, 3.63) is 65.2 Å². The van der Waals surface area contributed by atoms with Crippen molar-refractivity contribution in [3.63, 3.8) is 0 Å². The number of anilines is 1. The number of benzene rings is 2. The van der Waals surface area contributed by atoms with E-state index in [0.717, 1.165) is 5.56 Å². The van der Waals surface area contributed by atoms with Crippen LogP contribution in [0.25, 0.3) is 0 Å². The van der Waals surface area contributed by atoms with Gasteiger partial charge in [-0.25, -0.2) is 0 Å². The Kier molecular flexibility index (Phi) is 4.04. The zero-order valence-corrected chi connectivity index (χ0v) is 15.0. The summed E-state index contributed by atoms with van der Waals surface area (Å²) in [5.74, 6) is -0.713. The van der Waals surface area contributed by atoms with Gasteiger partial charge in [0.05, 0.1) is 12.1 Å². The molecule has 0 unspecified atom stereocenters. The monoisotopic (exact) mass is 337 g/mol. The summed E-state index contributed by atoms with van der Waals surface area (Å²) in [5, 5.41) is 11.0. The Morgan fingerprint density at radius 2 is 1.68 bits per heavy atom. The van der Waals surface area contributed by atoms with E-state index in [4.69, 9.17) is 0 Å². The lowest BCUT2D eigenvalue weighted by molar-refractivity contribution is -0.135. The number of nitrogens with zero attached hydrogens (tertiary/aromatic N) is 1. The van der Waals surface area contributed by atoms with Crippen LogP contribution in [0.1, 0.15) is 48.7 Å². The van der Waals surface area contributed by atoms with E-state index in [9.17, 15) is 14.7 Å². The van der Waals surface area contributed by atoms with Crippen LogP contribution in [0, 0.1) is 0 Å². The number of hydrogen-bond acceptors (Lipinski definition) is 3. The highest BCUT2D eigenvalue weighted by atomic mass is 16.3. The molecule has 4 nitrogen and oxygen atoms in total. The average molecular weight is 337 g/mol. The molecule has 0 fully saturated rings. The molecule has 2 aromatic carbocycles. The third-order valence-corrected chi connectivity index (χ3v) is 4.86. The van der Waals surface area contributed by atoms with E-state index >= 15 is 0 Å². The second kappa shape index (κ2) is 5.81. The Bertz CT molecular complexity index is 833. The van der Waals surface area contributed by atoms with E-state index in [1.165, 1.54) is 4.90 Å². The van der Waals surface area contributed by atoms with Crippen molar-refractivity contribution >= 4 is 17.4 Å². The van der Waals surface area contributed by atoms with E-state index in [1.807, 2.05) is 12.1 Å². The van der Waals surface area contributed by atoms with Crippen molar-refractivity contribution in [1.82, 2.24) is 0 Å². The number of ketones is 1. The smallest absolute Gasteiger partial charge is 0.263 e. The van der Waals surface area contributed by atoms with Gasteiger partial charge in [0.25, 0.3) is 5.91 Å². The Balaban J connectivity index is 1.89. The fraction of sp³-hybridized carbons (Fsp3) is 0.333. The van der Waals surface area contributed by atoms with Gasteiger partial charge in [-0.3, -0.25) is 9.59 Å². The summed E-state index contributed by atoms with van der Waals surface area (Å²) < 4.78 is 0. The van der Waals surface area contributed by atoms with Gasteiger partial charge in [-0.1, -0.05) is 63.2 Å². The van der Waals surface area contributed by atoms with Crippen molar-refractivity contribution < 1.29 is 14.7 Å². The van der Waals surface area contributed by atoms with E-state index in [1.54, 1.807) is 43.4 Å². The maximum Gasteiger partial charge on any atom is 0.263 e. The topological polar surface area (TPSA) is 57.6 Å². The Morgan fingerprint density at radius 3 is 2.28 bits per heavy atom. The van der Waals surface area contributed by atoms with E-state index < -0.39 is 11.5 Å². The van der Waals surface area contributed by atoms with E-state index in [0.29, 0.717) is 16.8 Å². The van der Waals surface area contributed by atoms with Crippen LogP contribution in [0.3, 0.4) is 0 Å². The van der Waals surface area contributed by atoms with E-state index in [2.05, 4.69) is 20.8 Å². The summed E-state index contributed by atoms with van der Waals surface area (Å²) in [7, 11) is 1.61. The number of Topliss-reactive ketones (excluding diaryl/α,β-unsaturated/α-hetero) is 1. The van der Waals surface area contributed by atoms with Crippen molar-refractivity contribution in [2.45, 2.75) is 38.2 Å². The maximum absolute atomic E-state index is 12.7. The van der Waals surface area contributed by atoms with Crippen molar-refractivity contribution in [2.24, 2.45) is 0 Å². The van der Waals surface area contributed by atoms with Gasteiger partial charge in [0.15, 0.2) is 11.4 Å². The van der Waals surface area contributed by atoms with Crippen LogP contribution in [0.4, 0.5) is 5.69 Å². The predicted molar refractivity (Wildman–Crippen MR) is 97.8 cm³/mol. The van der Waals surface area contributed by atoms with Crippen LogP contribution < -0.4 is 4.90 Å². The molecule has 4 heteroatoms. The SMILES string of the molecule is CN1C(=O)[C@](O)(CC(=O)c2ccc(C(C)(C)C)cc2)c2ccccc21. The highest BCUT2D eigenvalue weighted by molar-refractivity contribution is 6.10. The fourth-order valence-electron chi connectivity index (χ4n) is 3.28. The molecule has 1 aliphatic heterocycles. The minimum absolute atomic E-state index is 0.00283. The Hall–Kier alpha value is -2.46. The van der Waals surface area contributed by atoms with Crippen LogP contribution in [-0.2, 0) is 15.8 Å². The highest BCUT2D eigenvalue weighted by Crippen LogP contribution is 2.42. The van der Waals surface area contributed by atoms with E-state index in [-0.39, 0.29) is 17.6 Å². The number of rotatable bonds is 3. The van der Waals surface area contributed by atoms with Crippen LogP contribution in [0.5, 0.6) is 0 Å². The number of hydrogen-bond donors (Lipinski definition) is 1. The van der Waals surface area contributed by atoms with Gasteiger partial charge >= 0.3 is 0 Å². The molecule has 1 amide bonds. The number of aliphatic hydroxyl groups is 1. The Morgan fingerprint density at radius 1 is 1.08 bits per heavy atom. The molecule has 0 saturated carbocycles. The normalized spacial score (nSPS) is 19.9. The van der Waals surface area contributed by atoms with Crippen molar-refractivity contribution in [3.8, 4) is 0 Å². The highest BCUT2D eigenvalue weighted by Gasteiger charge is 2.49. The van der Waals surface area contributed by atoms with Gasteiger partial charge in [-0.05, 0) is 17.0 Å². The molecular weight excluding hydrogens is 314 g/mol. The first kappa shape index (κ1) is 17.4. The lowest BCUT2D eigenvalue weighted by atomic mass is 9.85. The molecule has 0 aliphatic carbocycles. The van der Waals surface area contributed by atoms with Gasteiger partial charge < -0.3 is 10.0 Å². The molecule has 1 atom stereocenters. The summed E-state index contributed by atoms with van der Waals surface area (Å²) in [5.41, 5.74) is 0.965. The second-order valence-electron chi connectivity index (χ2n) is 7.67. The lowest BCUT2D eigenvalue weighted by Gasteiger charge is -2.22. The molecule has 1 aliphatic rings. The molecule has 1 N–H and O–H groups in total. The first-order valence-corrected chi connectivity index (χ1v) is 8.38. The number of fused-ring (bicyclic) bond motifs is 1. The molecule has 1 heterocycles. The number of carbonyl (C=O) groups excluding carboxylic acids is 2. The fourth-order valence-corrected chi connectivity index (χ4v) is 3.28. The summed E-state index contributed by atoms with van der Waals surface area (Å²) >= 11 is 0. The first-order valence-electron chi connectivity index (χ1n) is 8.38. The number of amides is 1. The first-order chi connectivity index (χ1) is 11.6. The molecule has 0 saturated heterocycles. The van der Waals surface area contributed by atoms with Gasteiger partial charge in [0.1, 0.15) is 0 Å². The van der Waals surface area contributed by atoms with Crippen molar-refractivity contribution in [2.75, 3.05) is 11.9 Å². The second-order valence-corrected chi connectivity index (χ2v) is 7.67. The van der Waals surface area contributed by atoms with Crippen LogP contribution in [0.15, 0.2) is 48.5 Å². The molecule has 25 heavy (non-hydrogen) atoms. The largest absolute Gasteiger partial charge is 0.375 e. The molecule has 3 rings (SSSR count). The summed E-state index contributed by atoms with van der Waals surface area (Å²) in [4.78, 5) is 26.7. The minimum Gasteiger partial charge on any atom is -0.375 e. The maximum atomic E-state index is 12.7. The van der Waals surface area contributed by atoms with Gasteiger partial charge in [-0.15, -0.1) is 0 Å². The van der Waals surface area contributed by atoms with Crippen LogP contribution >= 0.6 is 0 Å². The number of carbonyl (C=O) groups is 2. The van der Waals surface area contributed by atoms with Gasteiger partial charge in [-0.2, -0.15) is 0 Å². The molecule has 0 radical (unpaired) electrons. The molecule has 130 valence electrons. The molecule has 0 bridgehead atoms. The number of likely N-dealkylation sites (N-methyl/N-ethyl adjacent to an activating group) is 1.